The van der Waals surface area contributed by atoms with Crippen LogP contribution >= 0.6 is 11.3 Å². The number of rotatable bonds is 5. The Morgan fingerprint density at radius 2 is 2.21 bits per heavy atom. The molecular weight excluding hydrogens is 328 g/mol. The summed E-state index contributed by atoms with van der Waals surface area (Å²) in [7, 11) is 0. The van der Waals surface area contributed by atoms with Crippen LogP contribution in [0.2, 0.25) is 0 Å². The summed E-state index contributed by atoms with van der Waals surface area (Å²) < 4.78 is 0. The molecule has 126 valence electrons. The van der Waals surface area contributed by atoms with Crippen LogP contribution in [0.1, 0.15) is 29.2 Å². The highest BCUT2D eigenvalue weighted by Gasteiger charge is 2.18. The van der Waals surface area contributed by atoms with Crippen molar-refractivity contribution in [1.29, 1.82) is 0 Å². The molecule has 24 heavy (non-hydrogen) atoms. The molecule has 8 heteroatoms. The van der Waals surface area contributed by atoms with E-state index in [1.54, 1.807) is 12.1 Å². The molecule has 0 atom stereocenters. The summed E-state index contributed by atoms with van der Waals surface area (Å²) in [5.74, 6) is 0.285. The highest BCUT2D eigenvalue weighted by atomic mass is 32.1. The van der Waals surface area contributed by atoms with Crippen molar-refractivity contribution in [3.63, 3.8) is 0 Å². The molecule has 1 aliphatic heterocycles. The van der Waals surface area contributed by atoms with Crippen LogP contribution in [0.4, 0.5) is 10.8 Å². The van der Waals surface area contributed by atoms with Gasteiger partial charge >= 0.3 is 0 Å². The molecule has 3 rings (SSSR count). The SMILES string of the molecule is O=C(Cc1cccc([N+](=O)[O-])c1)Nc1ncc(C2CCNCC2)s1. The maximum Gasteiger partial charge on any atom is 0.269 e. The topological polar surface area (TPSA) is 97.2 Å². The number of carbonyl (C=O) groups is 1. The van der Waals surface area contributed by atoms with Gasteiger partial charge in [-0.2, -0.15) is 0 Å². The average Bonchev–Trinajstić information content (AvgIpc) is 3.04. The first-order valence-corrected chi connectivity index (χ1v) is 8.63. The molecule has 1 amide bonds. The molecule has 1 saturated heterocycles. The second kappa shape index (κ2) is 7.50. The van der Waals surface area contributed by atoms with Crippen molar-refractivity contribution >= 4 is 28.1 Å². The van der Waals surface area contributed by atoms with Crippen molar-refractivity contribution in [3.8, 4) is 0 Å². The molecule has 1 fully saturated rings. The van der Waals surface area contributed by atoms with E-state index in [2.05, 4.69) is 15.6 Å². The second-order valence-electron chi connectivity index (χ2n) is 5.74. The lowest BCUT2D eigenvalue weighted by molar-refractivity contribution is -0.384. The van der Waals surface area contributed by atoms with Gasteiger partial charge in [-0.1, -0.05) is 12.1 Å². The van der Waals surface area contributed by atoms with Gasteiger partial charge in [-0.3, -0.25) is 14.9 Å². The Morgan fingerprint density at radius 1 is 1.42 bits per heavy atom. The van der Waals surface area contributed by atoms with E-state index in [1.165, 1.54) is 28.3 Å². The molecule has 0 bridgehead atoms. The fraction of sp³-hybridized carbons (Fsp3) is 0.375. The van der Waals surface area contributed by atoms with Gasteiger partial charge in [-0.05, 0) is 37.4 Å². The zero-order chi connectivity index (χ0) is 16.9. The zero-order valence-electron chi connectivity index (χ0n) is 13.0. The number of anilines is 1. The van der Waals surface area contributed by atoms with E-state index in [-0.39, 0.29) is 18.0 Å². The normalized spacial score (nSPS) is 15.2. The van der Waals surface area contributed by atoms with Gasteiger partial charge in [0.25, 0.3) is 5.69 Å². The van der Waals surface area contributed by atoms with E-state index in [9.17, 15) is 14.9 Å². The number of benzene rings is 1. The smallest absolute Gasteiger partial charge is 0.269 e. The third-order valence-electron chi connectivity index (χ3n) is 4.00. The molecule has 1 aromatic carbocycles. The summed E-state index contributed by atoms with van der Waals surface area (Å²) in [4.78, 5) is 27.9. The molecule has 0 radical (unpaired) electrons. The number of carbonyl (C=O) groups excluding carboxylic acids is 1. The number of aromatic nitrogens is 1. The predicted octanol–water partition coefficient (Wildman–Crippen LogP) is 2.70. The Bertz CT molecular complexity index is 740. The lowest BCUT2D eigenvalue weighted by atomic mass is 9.97. The minimum atomic E-state index is -0.465. The number of thiazole rings is 1. The van der Waals surface area contributed by atoms with Crippen LogP contribution in [0.5, 0.6) is 0 Å². The molecule has 2 heterocycles. The summed E-state index contributed by atoms with van der Waals surface area (Å²) in [5.41, 5.74) is 0.597. The molecule has 0 saturated carbocycles. The van der Waals surface area contributed by atoms with Crippen LogP contribution < -0.4 is 10.6 Å². The molecule has 2 aromatic rings. The quantitative estimate of drug-likeness (QED) is 0.641. The number of amides is 1. The van der Waals surface area contributed by atoms with E-state index in [0.717, 1.165) is 25.9 Å². The highest BCUT2D eigenvalue weighted by Crippen LogP contribution is 2.31. The zero-order valence-corrected chi connectivity index (χ0v) is 13.8. The number of nitrogens with one attached hydrogen (secondary N) is 2. The summed E-state index contributed by atoms with van der Waals surface area (Å²) in [6.45, 7) is 2.02. The number of piperidine rings is 1. The third kappa shape index (κ3) is 4.15. The van der Waals surface area contributed by atoms with Crippen LogP contribution in [0.25, 0.3) is 0 Å². The Balaban J connectivity index is 1.60. The number of hydrogen-bond acceptors (Lipinski definition) is 6. The number of nitro benzene ring substituents is 1. The Kier molecular flexibility index (Phi) is 5.17. The summed E-state index contributed by atoms with van der Waals surface area (Å²) in [6.07, 6.45) is 4.10. The first-order valence-electron chi connectivity index (χ1n) is 7.81. The first kappa shape index (κ1) is 16.5. The molecule has 7 nitrogen and oxygen atoms in total. The number of hydrogen-bond donors (Lipinski definition) is 2. The van der Waals surface area contributed by atoms with Gasteiger partial charge < -0.3 is 10.6 Å². The van der Waals surface area contributed by atoms with Crippen LogP contribution in [0.3, 0.4) is 0 Å². The number of nitrogens with zero attached hydrogens (tertiary/aromatic N) is 2. The molecule has 0 unspecified atom stereocenters. The molecule has 1 aromatic heterocycles. The standard InChI is InChI=1S/C16H18N4O3S/c21-15(9-11-2-1-3-13(8-11)20(22)23)19-16-18-10-14(24-16)12-4-6-17-7-5-12/h1-3,8,10,12,17H,4-7,9H2,(H,18,19,21). The molecule has 0 spiro atoms. The van der Waals surface area contributed by atoms with Crippen LogP contribution in [0, 0.1) is 10.1 Å². The number of non-ortho nitro benzene ring substituents is 1. The number of nitro groups is 1. The van der Waals surface area contributed by atoms with Crippen molar-refractivity contribution in [2.24, 2.45) is 0 Å². The Morgan fingerprint density at radius 3 is 2.96 bits per heavy atom. The van der Waals surface area contributed by atoms with Gasteiger partial charge in [0.05, 0.1) is 11.3 Å². The predicted molar refractivity (Wildman–Crippen MR) is 92.4 cm³/mol. The van der Waals surface area contributed by atoms with E-state index < -0.39 is 4.92 Å². The fourth-order valence-corrected chi connectivity index (χ4v) is 3.77. The van der Waals surface area contributed by atoms with E-state index in [4.69, 9.17) is 0 Å². The van der Waals surface area contributed by atoms with Gasteiger partial charge in [0.15, 0.2) is 5.13 Å². The lowest BCUT2D eigenvalue weighted by Crippen LogP contribution is -2.26. The highest BCUT2D eigenvalue weighted by molar-refractivity contribution is 7.15. The fourth-order valence-electron chi connectivity index (χ4n) is 2.77. The van der Waals surface area contributed by atoms with Crippen molar-refractivity contribution < 1.29 is 9.72 Å². The molecular formula is C16H18N4O3S. The van der Waals surface area contributed by atoms with Crippen molar-refractivity contribution in [2.75, 3.05) is 18.4 Å². The van der Waals surface area contributed by atoms with Crippen LogP contribution in [-0.2, 0) is 11.2 Å². The van der Waals surface area contributed by atoms with Gasteiger partial charge in [0, 0.05) is 23.2 Å². The largest absolute Gasteiger partial charge is 0.317 e. The minimum absolute atomic E-state index is 0.0113. The van der Waals surface area contributed by atoms with Crippen molar-refractivity contribution in [3.05, 3.63) is 51.0 Å². The van der Waals surface area contributed by atoms with E-state index >= 15 is 0 Å². The van der Waals surface area contributed by atoms with Gasteiger partial charge in [0.2, 0.25) is 5.91 Å². The monoisotopic (exact) mass is 346 g/mol. The first-order chi connectivity index (χ1) is 11.6. The van der Waals surface area contributed by atoms with Gasteiger partial charge in [0.1, 0.15) is 0 Å². The van der Waals surface area contributed by atoms with Crippen molar-refractivity contribution in [1.82, 2.24) is 10.3 Å². The second-order valence-corrected chi connectivity index (χ2v) is 6.81. The third-order valence-corrected chi connectivity index (χ3v) is 5.07. The molecule has 1 aliphatic rings. The maximum atomic E-state index is 12.1. The van der Waals surface area contributed by atoms with Gasteiger partial charge in [-0.25, -0.2) is 4.98 Å². The maximum absolute atomic E-state index is 12.1. The van der Waals surface area contributed by atoms with Crippen LogP contribution in [-0.4, -0.2) is 28.9 Å². The Labute approximate surface area is 143 Å². The molecule has 2 N–H and O–H groups in total. The van der Waals surface area contributed by atoms with Crippen molar-refractivity contribution in [2.45, 2.75) is 25.2 Å². The van der Waals surface area contributed by atoms with Gasteiger partial charge in [-0.15, -0.1) is 11.3 Å². The van der Waals surface area contributed by atoms with E-state index in [1.807, 2.05) is 6.20 Å². The van der Waals surface area contributed by atoms with Crippen LogP contribution in [0.15, 0.2) is 30.5 Å². The Hall–Kier alpha value is -2.32. The average molecular weight is 346 g/mol. The molecule has 0 aliphatic carbocycles. The summed E-state index contributed by atoms with van der Waals surface area (Å²) in [6, 6.07) is 6.11. The lowest BCUT2D eigenvalue weighted by Gasteiger charge is -2.20. The minimum Gasteiger partial charge on any atom is -0.317 e. The summed E-state index contributed by atoms with van der Waals surface area (Å²) >= 11 is 1.51. The summed E-state index contributed by atoms with van der Waals surface area (Å²) in [5, 5.41) is 17.5. The van der Waals surface area contributed by atoms with E-state index in [0.29, 0.717) is 16.6 Å².